The molecule has 3 heterocycles. The van der Waals surface area contributed by atoms with E-state index < -0.39 is 37.5 Å². The number of benzene rings is 3. The van der Waals surface area contributed by atoms with Crippen molar-refractivity contribution in [2.45, 2.75) is 26.1 Å². The van der Waals surface area contributed by atoms with Crippen LogP contribution in [0.25, 0.3) is 10.9 Å². The minimum Gasteiger partial charge on any atom is -0.505 e. The van der Waals surface area contributed by atoms with Crippen molar-refractivity contribution >= 4 is 36.5 Å². The van der Waals surface area contributed by atoms with Crippen molar-refractivity contribution in [1.29, 1.82) is 0 Å². The van der Waals surface area contributed by atoms with Gasteiger partial charge in [-0.05, 0) is 48.9 Å². The van der Waals surface area contributed by atoms with Crippen molar-refractivity contribution in [3.8, 4) is 17.2 Å². The van der Waals surface area contributed by atoms with Crippen LogP contribution in [-0.2, 0) is 27.0 Å². The summed E-state index contributed by atoms with van der Waals surface area (Å²) in [4.78, 5) is 47.6. The van der Waals surface area contributed by atoms with Crippen LogP contribution >= 0.6 is 7.60 Å². The van der Waals surface area contributed by atoms with Crippen molar-refractivity contribution in [1.82, 2.24) is 19.7 Å². The molecule has 0 aliphatic carbocycles. The van der Waals surface area contributed by atoms with Gasteiger partial charge in [0.15, 0.2) is 11.9 Å². The van der Waals surface area contributed by atoms with E-state index in [0.717, 1.165) is 0 Å². The summed E-state index contributed by atoms with van der Waals surface area (Å²) < 4.78 is 44.1. The van der Waals surface area contributed by atoms with Gasteiger partial charge in [0.25, 0.3) is 5.91 Å². The number of hydrogen-bond acceptors (Lipinski definition) is 10. The van der Waals surface area contributed by atoms with Gasteiger partial charge in [-0.2, -0.15) is 0 Å². The number of carboxylic acid groups (broad SMARTS) is 1. The molecule has 0 radical (unpaired) electrons. The predicted molar refractivity (Wildman–Crippen MR) is 175 cm³/mol. The summed E-state index contributed by atoms with van der Waals surface area (Å²) in [5.74, 6) is -2.02. The molecule has 13 nitrogen and oxygen atoms in total. The molecule has 2 amide bonds. The van der Waals surface area contributed by atoms with E-state index in [9.17, 15) is 33.6 Å². The first-order valence-corrected chi connectivity index (χ1v) is 17.3. The van der Waals surface area contributed by atoms with Gasteiger partial charge in [-0.1, -0.05) is 30.3 Å². The Morgan fingerprint density at radius 2 is 1.73 bits per heavy atom. The fourth-order valence-electron chi connectivity index (χ4n) is 5.79. The van der Waals surface area contributed by atoms with E-state index in [1.807, 2.05) is 4.90 Å². The average molecular weight is 693 g/mol. The molecular weight excluding hydrogens is 658 g/mol. The number of ether oxygens (including phenoxy) is 1. The monoisotopic (exact) mass is 692 g/mol. The van der Waals surface area contributed by atoms with Gasteiger partial charge >= 0.3 is 19.7 Å². The molecule has 2 atom stereocenters. The van der Waals surface area contributed by atoms with Gasteiger partial charge in [0.2, 0.25) is 0 Å². The first-order chi connectivity index (χ1) is 23.5. The third-order valence-corrected chi connectivity index (χ3v) is 10.3. The molecule has 256 valence electrons. The topological polar surface area (TPSA) is 159 Å². The van der Waals surface area contributed by atoms with Crippen LogP contribution in [0.3, 0.4) is 0 Å². The van der Waals surface area contributed by atoms with Crippen LogP contribution in [0.5, 0.6) is 17.2 Å². The van der Waals surface area contributed by atoms with Crippen molar-refractivity contribution in [3.05, 3.63) is 95.4 Å². The number of fused-ring (bicyclic) bond motifs is 2. The number of phenolic OH excluding ortho intramolecular Hbond substituents is 1. The Labute approximate surface area is 281 Å². The number of rotatable bonds is 11. The molecular formula is C34H34FN4O9P. The molecule has 1 fully saturated rings. The summed E-state index contributed by atoms with van der Waals surface area (Å²) in [6, 6.07) is 17.4. The third kappa shape index (κ3) is 7.51. The SMILES string of the molecule is C[C@H](OP(=O)(CCN1CCN(C(=O)Oc2c3c(c(O)c4ncccc24)C(=O)N(Cc2ccc(F)cc2)C3)CC1)Oc1ccccc1)C(=O)O. The number of aromatic nitrogens is 1. The fraction of sp³-hybridized carbons (Fsp3) is 0.294. The number of hydrogen-bond donors (Lipinski definition) is 2. The summed E-state index contributed by atoms with van der Waals surface area (Å²) >= 11 is 0. The quantitative estimate of drug-likeness (QED) is 0.201. The number of aliphatic carboxylic acids is 1. The Kier molecular flexibility index (Phi) is 9.81. The highest BCUT2D eigenvalue weighted by atomic mass is 31.2. The summed E-state index contributed by atoms with van der Waals surface area (Å²) in [5.41, 5.74) is 1.16. The molecule has 1 saturated heterocycles. The smallest absolute Gasteiger partial charge is 0.415 e. The second kappa shape index (κ2) is 14.2. The van der Waals surface area contributed by atoms with Gasteiger partial charge in [0.1, 0.15) is 22.8 Å². The van der Waals surface area contributed by atoms with Gasteiger partial charge in [-0.25, -0.2) is 18.5 Å². The van der Waals surface area contributed by atoms with E-state index >= 15 is 0 Å². The Bertz CT molecular complexity index is 1920. The number of amides is 2. The number of carbonyl (C=O) groups is 3. The number of nitrogens with zero attached hydrogens (tertiary/aromatic N) is 4. The third-order valence-electron chi connectivity index (χ3n) is 8.39. The molecule has 0 bridgehead atoms. The predicted octanol–water partition coefficient (Wildman–Crippen LogP) is 5.11. The van der Waals surface area contributed by atoms with Gasteiger partial charge in [-0.3, -0.25) is 19.2 Å². The number of pyridine rings is 1. The highest BCUT2D eigenvalue weighted by Gasteiger charge is 2.37. The molecule has 1 unspecified atom stereocenters. The molecule has 0 spiro atoms. The van der Waals surface area contributed by atoms with Crippen LogP contribution in [0, 0.1) is 5.82 Å². The second-order valence-corrected chi connectivity index (χ2v) is 13.8. The molecule has 2 aliphatic rings. The van der Waals surface area contributed by atoms with Gasteiger partial charge in [0, 0.05) is 56.4 Å². The lowest BCUT2D eigenvalue weighted by Gasteiger charge is -2.34. The Morgan fingerprint density at radius 1 is 1.02 bits per heavy atom. The van der Waals surface area contributed by atoms with E-state index in [2.05, 4.69) is 4.98 Å². The molecule has 15 heteroatoms. The van der Waals surface area contributed by atoms with Crippen LogP contribution in [0.1, 0.15) is 28.4 Å². The van der Waals surface area contributed by atoms with E-state index in [4.69, 9.17) is 13.8 Å². The van der Waals surface area contributed by atoms with Crippen LogP contribution in [0.2, 0.25) is 0 Å². The van der Waals surface area contributed by atoms with Crippen LogP contribution < -0.4 is 9.26 Å². The lowest BCUT2D eigenvalue weighted by atomic mass is 10.0. The molecule has 49 heavy (non-hydrogen) atoms. The molecule has 4 aromatic rings. The maximum atomic E-state index is 13.6. The number of para-hydroxylation sites is 1. The number of halogens is 1. The number of piperazine rings is 1. The van der Waals surface area contributed by atoms with Crippen LogP contribution in [-0.4, -0.2) is 92.9 Å². The molecule has 2 N–H and O–H groups in total. The Balaban J connectivity index is 1.13. The van der Waals surface area contributed by atoms with Crippen LogP contribution in [0.15, 0.2) is 72.9 Å². The number of aromatic hydroxyl groups is 1. The molecule has 1 aromatic heterocycles. The van der Waals surface area contributed by atoms with Crippen LogP contribution in [0.4, 0.5) is 9.18 Å². The lowest BCUT2D eigenvalue weighted by molar-refractivity contribution is -0.144. The maximum absolute atomic E-state index is 13.6. The van der Waals surface area contributed by atoms with E-state index in [1.165, 1.54) is 35.1 Å². The highest BCUT2D eigenvalue weighted by molar-refractivity contribution is 7.54. The Hall–Kier alpha value is -5.04. The first kappa shape index (κ1) is 33.8. The molecule has 3 aromatic carbocycles. The van der Waals surface area contributed by atoms with Gasteiger partial charge in [0.05, 0.1) is 18.3 Å². The van der Waals surface area contributed by atoms with Gasteiger partial charge in [-0.15, -0.1) is 0 Å². The molecule has 0 saturated carbocycles. The van der Waals surface area contributed by atoms with Crippen molar-refractivity contribution in [3.63, 3.8) is 0 Å². The molecule has 6 rings (SSSR count). The maximum Gasteiger partial charge on any atom is 0.415 e. The van der Waals surface area contributed by atoms with E-state index in [1.54, 1.807) is 54.6 Å². The highest BCUT2D eigenvalue weighted by Crippen LogP contribution is 2.49. The Morgan fingerprint density at radius 3 is 2.43 bits per heavy atom. The van der Waals surface area contributed by atoms with E-state index in [-0.39, 0.29) is 61.5 Å². The zero-order valence-corrected chi connectivity index (χ0v) is 27.4. The van der Waals surface area contributed by atoms with Crippen molar-refractivity contribution < 1.29 is 47.3 Å². The summed E-state index contributed by atoms with van der Waals surface area (Å²) in [7, 11) is -3.87. The van der Waals surface area contributed by atoms with Gasteiger partial charge < -0.3 is 29.3 Å². The summed E-state index contributed by atoms with van der Waals surface area (Å²) in [6.45, 7) is 3.07. The van der Waals surface area contributed by atoms with Crippen molar-refractivity contribution in [2.75, 3.05) is 38.9 Å². The lowest BCUT2D eigenvalue weighted by Crippen LogP contribution is -2.50. The summed E-state index contributed by atoms with van der Waals surface area (Å²) in [5, 5.41) is 20.8. The standard InChI is InChI=1S/C34H34FN4O9P/c1-22(33(42)43)47-49(45,48-25-6-3-2-4-7-25)19-18-37-14-16-38(17-15-37)34(44)46-31-26-8-5-13-36-29(26)30(40)28-27(31)21-39(32(28)41)20-23-9-11-24(35)12-10-23/h2-13,22,40H,14-21H2,1H3,(H,42,43)/t22-,49?/m0/s1. The largest absolute Gasteiger partial charge is 0.505 e. The summed E-state index contributed by atoms with van der Waals surface area (Å²) in [6.07, 6.45) is -0.616. The zero-order chi connectivity index (χ0) is 34.7. The van der Waals surface area contributed by atoms with E-state index in [0.29, 0.717) is 35.4 Å². The average Bonchev–Trinajstić information content (AvgIpc) is 3.42. The minimum absolute atomic E-state index is 0.00233. The number of phenols is 1. The first-order valence-electron chi connectivity index (χ1n) is 15.6. The second-order valence-electron chi connectivity index (χ2n) is 11.7. The van der Waals surface area contributed by atoms with Crippen molar-refractivity contribution in [2.24, 2.45) is 0 Å². The number of carbonyl (C=O) groups excluding carboxylic acids is 2. The zero-order valence-electron chi connectivity index (χ0n) is 26.5. The fourth-order valence-corrected chi connectivity index (χ4v) is 7.57. The number of carboxylic acids is 1. The normalized spacial score (nSPS) is 16.7. The minimum atomic E-state index is -3.87. The molecule has 2 aliphatic heterocycles.